The molecule has 1 aliphatic heterocycles. The summed E-state index contributed by atoms with van der Waals surface area (Å²) in [5, 5.41) is 12.2. The third kappa shape index (κ3) is 2.43. The minimum Gasteiger partial charge on any atom is -0.428 e. The number of rotatable bonds is 4. The van der Waals surface area contributed by atoms with Gasteiger partial charge in [0.15, 0.2) is 17.3 Å². The zero-order chi connectivity index (χ0) is 12.4. The molecule has 0 saturated heterocycles. The summed E-state index contributed by atoms with van der Waals surface area (Å²) in [6.45, 7) is 0.534. The molecule has 2 rings (SSSR count). The second kappa shape index (κ2) is 4.77. The lowest BCUT2D eigenvalue weighted by atomic mass is 10.0. The molecule has 1 unspecified atom stereocenters. The van der Waals surface area contributed by atoms with Crippen molar-refractivity contribution in [2.45, 2.75) is 19.4 Å². The maximum absolute atomic E-state index is 12.0. The summed E-state index contributed by atoms with van der Waals surface area (Å²) in [6.07, 6.45) is 0.732. The average molecular weight is 235 g/mol. The van der Waals surface area contributed by atoms with Crippen LogP contribution in [0.15, 0.2) is 18.2 Å². The molecule has 1 aromatic carbocycles. The molecule has 0 amide bonds. The van der Waals surface area contributed by atoms with Gasteiger partial charge in [-0.05, 0) is 31.6 Å². The van der Waals surface area contributed by atoms with Crippen LogP contribution in [0.4, 0.5) is 0 Å². The lowest BCUT2D eigenvalue weighted by Gasteiger charge is -2.11. The van der Waals surface area contributed by atoms with Crippen molar-refractivity contribution < 1.29 is 19.4 Å². The standard InChI is InChI=1S/C11H14BNO4/c1-6(13-5-12)10(14)7-2-3-8-9(4-7)17-11(15)16-8/h2-4,6,11,13,15H,5,12H2,1H3/t6-,11?/m0/s1. The minimum absolute atomic E-state index is 0.0142. The van der Waals surface area contributed by atoms with Crippen LogP contribution >= 0.6 is 0 Å². The number of fused-ring (bicyclic) bond motifs is 1. The summed E-state index contributed by atoms with van der Waals surface area (Å²) in [4.78, 5) is 12.0. The predicted molar refractivity (Wildman–Crippen MR) is 64.0 cm³/mol. The maximum Gasteiger partial charge on any atom is 0.358 e. The quantitative estimate of drug-likeness (QED) is 0.543. The number of nitrogens with one attached hydrogen (secondary N) is 1. The molecule has 0 saturated carbocycles. The summed E-state index contributed by atoms with van der Waals surface area (Å²) in [7, 11) is 1.94. The van der Waals surface area contributed by atoms with Gasteiger partial charge in [0.1, 0.15) is 7.85 Å². The van der Waals surface area contributed by atoms with Crippen LogP contribution in [0.25, 0.3) is 0 Å². The molecule has 1 aromatic rings. The van der Waals surface area contributed by atoms with E-state index in [1.807, 2.05) is 14.8 Å². The van der Waals surface area contributed by atoms with Crippen LogP contribution in [0.5, 0.6) is 11.5 Å². The molecule has 0 fully saturated rings. The Hall–Kier alpha value is -1.53. The van der Waals surface area contributed by atoms with E-state index in [4.69, 9.17) is 14.6 Å². The Morgan fingerprint density at radius 1 is 1.53 bits per heavy atom. The number of Topliss-reactive ketones (excluding diaryl/α,β-unsaturated/α-hetero) is 1. The first-order valence-corrected chi connectivity index (χ1v) is 5.55. The number of ketones is 1. The number of carbonyl (C=O) groups is 1. The van der Waals surface area contributed by atoms with Crippen molar-refractivity contribution >= 4 is 13.6 Å². The number of ether oxygens (including phenoxy) is 2. The Kier molecular flexibility index (Phi) is 3.35. The second-order valence-electron chi connectivity index (χ2n) is 3.85. The molecule has 0 bridgehead atoms. The van der Waals surface area contributed by atoms with Gasteiger partial charge in [0.05, 0.1) is 6.04 Å². The Morgan fingerprint density at radius 3 is 2.94 bits per heavy atom. The van der Waals surface area contributed by atoms with Gasteiger partial charge in [0.2, 0.25) is 0 Å². The van der Waals surface area contributed by atoms with Gasteiger partial charge in [-0.2, -0.15) is 0 Å². The van der Waals surface area contributed by atoms with Crippen LogP contribution in [0.1, 0.15) is 17.3 Å². The number of carbonyl (C=O) groups excluding carboxylic acids is 1. The van der Waals surface area contributed by atoms with Crippen molar-refractivity contribution in [3.63, 3.8) is 0 Å². The van der Waals surface area contributed by atoms with E-state index in [1.54, 1.807) is 18.2 Å². The van der Waals surface area contributed by atoms with E-state index < -0.39 is 6.48 Å². The first kappa shape index (κ1) is 11.9. The molecule has 1 heterocycles. The third-order valence-electron chi connectivity index (χ3n) is 2.59. The highest BCUT2D eigenvalue weighted by Crippen LogP contribution is 2.34. The normalized spacial score (nSPS) is 19.1. The van der Waals surface area contributed by atoms with E-state index in [0.717, 1.165) is 6.44 Å². The van der Waals surface area contributed by atoms with Gasteiger partial charge in [0.25, 0.3) is 0 Å². The van der Waals surface area contributed by atoms with Gasteiger partial charge in [-0.15, -0.1) is 0 Å². The molecule has 1 aliphatic rings. The molecule has 2 atom stereocenters. The summed E-state index contributed by atoms with van der Waals surface area (Å²) >= 11 is 0. The summed E-state index contributed by atoms with van der Waals surface area (Å²) < 4.78 is 9.95. The fourth-order valence-corrected chi connectivity index (χ4v) is 1.74. The highest BCUT2D eigenvalue weighted by Gasteiger charge is 2.24. The SMILES string of the molecule is BCN[C@@H](C)C(=O)c1ccc2c(c1)OC(O)O2. The molecule has 0 aromatic heterocycles. The largest absolute Gasteiger partial charge is 0.428 e. The van der Waals surface area contributed by atoms with Gasteiger partial charge in [-0.3, -0.25) is 4.79 Å². The first-order chi connectivity index (χ1) is 8.11. The lowest BCUT2D eigenvalue weighted by molar-refractivity contribution is -0.133. The fourth-order valence-electron chi connectivity index (χ4n) is 1.74. The molecule has 0 radical (unpaired) electrons. The Balaban J connectivity index is 2.18. The van der Waals surface area contributed by atoms with Gasteiger partial charge < -0.3 is 19.9 Å². The molecular weight excluding hydrogens is 221 g/mol. The summed E-state index contributed by atoms with van der Waals surface area (Å²) in [5.41, 5.74) is 0.537. The van der Waals surface area contributed by atoms with Crippen LogP contribution in [-0.2, 0) is 0 Å². The molecule has 2 N–H and O–H groups in total. The predicted octanol–water partition coefficient (Wildman–Crippen LogP) is -0.515. The van der Waals surface area contributed by atoms with Crippen LogP contribution in [0, 0.1) is 0 Å². The summed E-state index contributed by atoms with van der Waals surface area (Å²) in [6, 6.07) is 4.63. The van der Waals surface area contributed by atoms with Crippen molar-refractivity contribution in [1.82, 2.24) is 5.32 Å². The second-order valence-corrected chi connectivity index (χ2v) is 3.85. The van der Waals surface area contributed by atoms with Crippen molar-refractivity contribution in [1.29, 1.82) is 0 Å². The van der Waals surface area contributed by atoms with Crippen LogP contribution in [0.3, 0.4) is 0 Å². The number of hydrogen-bond donors (Lipinski definition) is 2. The maximum atomic E-state index is 12.0. The van der Waals surface area contributed by atoms with Crippen LogP contribution < -0.4 is 14.8 Å². The molecule has 0 spiro atoms. The van der Waals surface area contributed by atoms with Crippen molar-refractivity contribution in [3.8, 4) is 11.5 Å². The highest BCUT2D eigenvalue weighted by molar-refractivity contribution is 6.09. The Morgan fingerprint density at radius 2 is 2.24 bits per heavy atom. The fraction of sp³-hybridized carbons (Fsp3) is 0.364. The number of aliphatic hydroxyl groups is 1. The van der Waals surface area contributed by atoms with Gasteiger partial charge in [0, 0.05) is 5.56 Å². The smallest absolute Gasteiger partial charge is 0.358 e. The first-order valence-electron chi connectivity index (χ1n) is 5.55. The number of aliphatic hydroxyl groups excluding tert-OH is 1. The van der Waals surface area contributed by atoms with Crippen molar-refractivity contribution in [2.24, 2.45) is 0 Å². The van der Waals surface area contributed by atoms with E-state index in [1.165, 1.54) is 0 Å². The molecule has 90 valence electrons. The van der Waals surface area contributed by atoms with E-state index in [-0.39, 0.29) is 11.8 Å². The van der Waals surface area contributed by atoms with Crippen LogP contribution in [-0.4, -0.2) is 37.7 Å². The molecule has 0 aliphatic carbocycles. The monoisotopic (exact) mass is 235 g/mol. The Bertz CT molecular complexity index is 437. The molecule has 17 heavy (non-hydrogen) atoms. The van der Waals surface area contributed by atoms with Gasteiger partial charge in [-0.1, -0.05) is 0 Å². The topological polar surface area (TPSA) is 67.8 Å². The zero-order valence-electron chi connectivity index (χ0n) is 9.77. The molecular formula is C11H14BNO4. The number of benzene rings is 1. The summed E-state index contributed by atoms with van der Waals surface area (Å²) in [5.74, 6) is 0.830. The van der Waals surface area contributed by atoms with Gasteiger partial charge in [-0.25, -0.2) is 0 Å². The molecule has 6 heteroatoms. The van der Waals surface area contributed by atoms with Crippen molar-refractivity contribution in [3.05, 3.63) is 23.8 Å². The lowest BCUT2D eigenvalue weighted by Crippen LogP contribution is -2.34. The van der Waals surface area contributed by atoms with E-state index >= 15 is 0 Å². The number of hydrogen-bond acceptors (Lipinski definition) is 5. The highest BCUT2D eigenvalue weighted by atomic mass is 16.8. The Labute approximate surface area is 100 Å². The van der Waals surface area contributed by atoms with E-state index in [2.05, 4.69) is 5.32 Å². The van der Waals surface area contributed by atoms with Gasteiger partial charge >= 0.3 is 6.48 Å². The zero-order valence-corrected chi connectivity index (χ0v) is 9.77. The molecule has 5 nitrogen and oxygen atoms in total. The third-order valence-corrected chi connectivity index (χ3v) is 2.59. The van der Waals surface area contributed by atoms with Crippen LogP contribution in [0.2, 0.25) is 0 Å². The average Bonchev–Trinajstić information content (AvgIpc) is 2.67. The minimum atomic E-state index is -1.28. The van der Waals surface area contributed by atoms with Crippen molar-refractivity contribution in [2.75, 3.05) is 6.44 Å². The van der Waals surface area contributed by atoms with E-state index in [9.17, 15) is 4.79 Å². The van der Waals surface area contributed by atoms with E-state index in [0.29, 0.717) is 17.1 Å².